The van der Waals surface area contributed by atoms with E-state index in [1.54, 1.807) is 0 Å². The number of imidazole rings is 1. The summed E-state index contributed by atoms with van der Waals surface area (Å²) in [5.41, 5.74) is 9.68. The SMILES string of the molecule is CC(C)(C)CNC(=O)[C@H](CC(=O)O)NC(=O)Cn1c(O)c(CCCN=C(N)N)[nH]c1=O. The zero-order valence-corrected chi connectivity index (χ0v) is 17.9. The molecule has 0 aliphatic carbocycles. The van der Waals surface area contributed by atoms with Crippen molar-refractivity contribution in [2.75, 3.05) is 13.1 Å². The average molecular weight is 441 g/mol. The number of hydrogen-bond acceptors (Lipinski definition) is 6. The monoisotopic (exact) mass is 441 g/mol. The van der Waals surface area contributed by atoms with E-state index in [1.807, 2.05) is 20.8 Å². The molecule has 0 saturated carbocycles. The summed E-state index contributed by atoms with van der Waals surface area (Å²) >= 11 is 0. The molecule has 0 bridgehead atoms. The number of aliphatic imine (C=N–C) groups is 1. The molecule has 0 unspecified atom stereocenters. The zero-order chi connectivity index (χ0) is 23.8. The first-order valence-corrected chi connectivity index (χ1v) is 9.65. The van der Waals surface area contributed by atoms with Crippen LogP contribution in [0.1, 0.15) is 39.3 Å². The summed E-state index contributed by atoms with van der Waals surface area (Å²) in [6.07, 6.45) is 0.0569. The molecule has 1 heterocycles. The van der Waals surface area contributed by atoms with Gasteiger partial charge in [0.05, 0.1) is 12.1 Å². The van der Waals surface area contributed by atoms with Gasteiger partial charge >= 0.3 is 11.7 Å². The van der Waals surface area contributed by atoms with Gasteiger partial charge < -0.3 is 37.3 Å². The van der Waals surface area contributed by atoms with Gasteiger partial charge in [-0.15, -0.1) is 0 Å². The molecule has 31 heavy (non-hydrogen) atoms. The van der Waals surface area contributed by atoms with Crippen LogP contribution in [0.3, 0.4) is 0 Å². The van der Waals surface area contributed by atoms with E-state index in [2.05, 4.69) is 20.6 Å². The highest BCUT2D eigenvalue weighted by Crippen LogP contribution is 2.14. The van der Waals surface area contributed by atoms with E-state index in [0.29, 0.717) is 6.42 Å². The Labute approximate surface area is 178 Å². The molecule has 0 radical (unpaired) electrons. The highest BCUT2D eigenvalue weighted by Gasteiger charge is 2.26. The lowest BCUT2D eigenvalue weighted by Gasteiger charge is -2.22. The maximum absolute atomic E-state index is 12.3. The quantitative estimate of drug-likeness (QED) is 0.118. The van der Waals surface area contributed by atoms with E-state index in [1.165, 1.54) is 0 Å². The number of carbonyl (C=O) groups is 3. The number of aromatic hydroxyl groups is 1. The fourth-order valence-corrected chi connectivity index (χ4v) is 2.54. The first-order chi connectivity index (χ1) is 14.3. The minimum Gasteiger partial charge on any atom is -0.493 e. The van der Waals surface area contributed by atoms with Gasteiger partial charge in [-0.05, 0) is 18.3 Å². The summed E-state index contributed by atoms with van der Waals surface area (Å²) in [5.74, 6) is -3.25. The van der Waals surface area contributed by atoms with Crippen molar-refractivity contribution >= 4 is 23.7 Å². The van der Waals surface area contributed by atoms with Crippen LogP contribution in [0, 0.1) is 5.41 Å². The molecule has 0 saturated heterocycles. The van der Waals surface area contributed by atoms with Crippen molar-refractivity contribution in [2.24, 2.45) is 21.9 Å². The summed E-state index contributed by atoms with van der Waals surface area (Å²) in [5, 5.41) is 24.1. The number of guanidine groups is 1. The molecular formula is C18H31N7O6. The van der Waals surface area contributed by atoms with Gasteiger partial charge in [0, 0.05) is 13.1 Å². The van der Waals surface area contributed by atoms with Crippen molar-refractivity contribution in [2.45, 2.75) is 52.6 Å². The Hall–Kier alpha value is -3.51. The Balaban J connectivity index is 2.81. The summed E-state index contributed by atoms with van der Waals surface area (Å²) in [7, 11) is 0. The van der Waals surface area contributed by atoms with Crippen LogP contribution in [-0.2, 0) is 27.3 Å². The summed E-state index contributed by atoms with van der Waals surface area (Å²) in [6, 6.07) is -1.33. The molecule has 1 aromatic heterocycles. The van der Waals surface area contributed by atoms with E-state index in [0.717, 1.165) is 4.57 Å². The molecule has 0 aliphatic heterocycles. The van der Waals surface area contributed by atoms with Crippen molar-refractivity contribution < 1.29 is 24.6 Å². The molecule has 0 aromatic carbocycles. The van der Waals surface area contributed by atoms with Crippen molar-refractivity contribution in [1.82, 2.24) is 20.2 Å². The molecule has 174 valence electrons. The van der Waals surface area contributed by atoms with E-state index in [-0.39, 0.29) is 36.6 Å². The minimum absolute atomic E-state index is 0.0746. The second-order valence-electron chi connectivity index (χ2n) is 8.23. The third-order valence-corrected chi connectivity index (χ3v) is 4.03. The normalized spacial score (nSPS) is 12.1. The topological polar surface area (TPSA) is 218 Å². The third kappa shape index (κ3) is 9.23. The summed E-state index contributed by atoms with van der Waals surface area (Å²) in [4.78, 5) is 54.0. The zero-order valence-electron chi connectivity index (χ0n) is 17.9. The van der Waals surface area contributed by atoms with Crippen molar-refractivity contribution in [3.05, 3.63) is 16.2 Å². The standard InChI is InChI=1S/C18H31N7O6/c1-18(2,3)9-22-14(29)11(7-13(27)28)23-12(26)8-25-15(30)10(24-17(25)31)5-4-6-21-16(19)20/h11,30H,4-9H2,1-3H3,(H,22,29)(H,23,26)(H,24,31)(H,27,28)(H4,19,20,21)/t11-/m0/s1. The first-order valence-electron chi connectivity index (χ1n) is 9.65. The number of aromatic nitrogens is 2. The van der Waals surface area contributed by atoms with Gasteiger partial charge in [0.15, 0.2) is 5.96 Å². The molecule has 2 amide bonds. The number of hydrogen-bond donors (Lipinski definition) is 7. The number of carboxylic acid groups (broad SMARTS) is 1. The molecule has 0 aliphatic rings. The second-order valence-corrected chi connectivity index (χ2v) is 8.23. The van der Waals surface area contributed by atoms with Gasteiger partial charge in [0.2, 0.25) is 17.7 Å². The highest BCUT2D eigenvalue weighted by molar-refractivity contribution is 5.90. The predicted octanol–water partition coefficient (Wildman–Crippen LogP) is -1.79. The van der Waals surface area contributed by atoms with Gasteiger partial charge in [-0.2, -0.15) is 0 Å². The predicted molar refractivity (Wildman–Crippen MR) is 112 cm³/mol. The number of rotatable bonds is 11. The van der Waals surface area contributed by atoms with E-state index >= 15 is 0 Å². The second kappa shape index (κ2) is 11.0. The number of H-pyrrole nitrogens is 1. The molecule has 1 rings (SSSR count). The number of nitrogens with zero attached hydrogens (tertiary/aromatic N) is 2. The maximum atomic E-state index is 12.3. The fourth-order valence-electron chi connectivity index (χ4n) is 2.54. The van der Waals surface area contributed by atoms with E-state index in [9.17, 15) is 24.3 Å². The number of aryl methyl sites for hydroxylation is 1. The number of carboxylic acids is 1. The summed E-state index contributed by atoms with van der Waals surface area (Å²) < 4.78 is 0.788. The number of aliphatic carboxylic acids is 1. The molecule has 0 spiro atoms. The Kier molecular flexibility index (Phi) is 9.09. The third-order valence-electron chi connectivity index (χ3n) is 4.03. The lowest BCUT2D eigenvalue weighted by Crippen LogP contribution is -2.50. The summed E-state index contributed by atoms with van der Waals surface area (Å²) in [6.45, 7) is 5.61. The fraction of sp³-hybridized carbons (Fsp3) is 0.611. The van der Waals surface area contributed by atoms with E-state index < -0.39 is 48.4 Å². The molecule has 1 aromatic rings. The van der Waals surface area contributed by atoms with Gasteiger partial charge in [-0.1, -0.05) is 20.8 Å². The lowest BCUT2D eigenvalue weighted by atomic mass is 9.97. The highest BCUT2D eigenvalue weighted by atomic mass is 16.4. The molecular weight excluding hydrogens is 410 g/mol. The van der Waals surface area contributed by atoms with Crippen LogP contribution in [0.4, 0.5) is 0 Å². The molecule has 13 nitrogen and oxygen atoms in total. The number of nitrogens with two attached hydrogens (primary N) is 2. The van der Waals surface area contributed by atoms with Gasteiger partial charge in [-0.3, -0.25) is 23.9 Å². The van der Waals surface area contributed by atoms with Gasteiger partial charge in [0.1, 0.15) is 12.6 Å². The van der Waals surface area contributed by atoms with Crippen molar-refractivity contribution in [1.29, 1.82) is 0 Å². The van der Waals surface area contributed by atoms with Crippen LogP contribution in [0.5, 0.6) is 5.88 Å². The van der Waals surface area contributed by atoms with Crippen LogP contribution < -0.4 is 27.8 Å². The first kappa shape index (κ1) is 25.5. The molecule has 0 fully saturated rings. The largest absolute Gasteiger partial charge is 0.493 e. The number of carbonyl (C=O) groups excluding carboxylic acids is 2. The Morgan fingerprint density at radius 2 is 1.90 bits per heavy atom. The number of amides is 2. The average Bonchev–Trinajstić information content (AvgIpc) is 2.89. The van der Waals surface area contributed by atoms with Crippen LogP contribution in [0.25, 0.3) is 0 Å². The Morgan fingerprint density at radius 3 is 2.45 bits per heavy atom. The molecule has 1 atom stereocenters. The van der Waals surface area contributed by atoms with Crippen LogP contribution in [-0.4, -0.2) is 62.6 Å². The van der Waals surface area contributed by atoms with Crippen LogP contribution in [0.2, 0.25) is 0 Å². The number of nitrogens with one attached hydrogen (secondary N) is 3. The van der Waals surface area contributed by atoms with Crippen molar-refractivity contribution in [3.63, 3.8) is 0 Å². The van der Waals surface area contributed by atoms with Gasteiger partial charge in [0.25, 0.3) is 0 Å². The van der Waals surface area contributed by atoms with Crippen LogP contribution >= 0.6 is 0 Å². The van der Waals surface area contributed by atoms with Crippen LogP contribution in [0.15, 0.2) is 9.79 Å². The number of aromatic amines is 1. The molecule has 13 heteroatoms. The smallest absolute Gasteiger partial charge is 0.329 e. The lowest BCUT2D eigenvalue weighted by molar-refractivity contribution is -0.140. The minimum atomic E-state index is -1.33. The van der Waals surface area contributed by atoms with Gasteiger partial charge in [-0.25, -0.2) is 4.79 Å². The maximum Gasteiger partial charge on any atom is 0.329 e. The Bertz CT molecular complexity index is 877. The Morgan fingerprint density at radius 1 is 1.26 bits per heavy atom. The molecule has 9 N–H and O–H groups in total. The van der Waals surface area contributed by atoms with E-state index in [4.69, 9.17) is 16.6 Å². The van der Waals surface area contributed by atoms with Crippen molar-refractivity contribution in [3.8, 4) is 5.88 Å².